The Morgan fingerprint density at radius 1 is 1.17 bits per heavy atom. The van der Waals surface area contributed by atoms with Gasteiger partial charge in [0.05, 0.1) is 19.3 Å². The van der Waals surface area contributed by atoms with E-state index >= 15 is 0 Å². The summed E-state index contributed by atoms with van der Waals surface area (Å²) in [4.78, 5) is 0.178. The second-order valence-electron chi connectivity index (χ2n) is 10.8. The van der Waals surface area contributed by atoms with E-state index in [0.717, 1.165) is 22.5 Å². The number of methoxy groups -OCH3 is 1. The van der Waals surface area contributed by atoms with Crippen molar-refractivity contribution < 1.29 is 17.5 Å². The SMILES string of the molecule is COCCn1cc(S(=O)(=O)N2C[C@H]3[C@H](c4ccccc4)[C@@]3(c3cc(C=N)c(Nc4ccc(F)cc4)cc3C)C2)cn1. The molecule has 2 N–H and O–H groups in total. The fourth-order valence-corrected chi connectivity index (χ4v) is 7.95. The zero-order chi connectivity index (χ0) is 28.8. The molecule has 2 aliphatic rings. The van der Waals surface area contributed by atoms with Crippen molar-refractivity contribution in [2.75, 3.05) is 32.1 Å². The molecule has 3 aromatic carbocycles. The lowest BCUT2D eigenvalue weighted by atomic mass is 9.86. The molecule has 2 heterocycles. The summed E-state index contributed by atoms with van der Waals surface area (Å²) < 4.78 is 49.2. The average molecular weight is 574 g/mol. The zero-order valence-electron chi connectivity index (χ0n) is 22.9. The number of sulfonamides is 1. The van der Waals surface area contributed by atoms with Crippen molar-refractivity contribution in [2.24, 2.45) is 5.92 Å². The number of benzene rings is 3. The molecule has 6 rings (SSSR count). The molecule has 0 spiro atoms. The Kier molecular flexibility index (Phi) is 7.01. The summed E-state index contributed by atoms with van der Waals surface area (Å²) in [7, 11) is -2.16. The molecular weight excluding hydrogens is 541 g/mol. The molecule has 8 nitrogen and oxygen atoms in total. The van der Waals surface area contributed by atoms with E-state index in [9.17, 15) is 12.8 Å². The van der Waals surface area contributed by atoms with E-state index in [1.165, 1.54) is 30.1 Å². The number of rotatable bonds is 10. The molecule has 10 heteroatoms. The van der Waals surface area contributed by atoms with Gasteiger partial charge in [-0.3, -0.25) is 4.68 Å². The monoisotopic (exact) mass is 573 g/mol. The standard InChI is InChI=1S/C31H32FN5O3S/c1-21-14-29(35-25-10-8-24(32)9-11-25)23(16-33)15-27(21)31-20-37(19-28(31)30(31)22-6-4-3-5-7-22)41(38,39)26-17-34-36(18-26)12-13-40-2/h3-11,14-18,28,30,33,35H,12-13,19-20H2,1-2H3/t28-,30-,31+/m0/s1. The van der Waals surface area contributed by atoms with Crippen LogP contribution in [0.25, 0.3) is 0 Å². The van der Waals surface area contributed by atoms with Crippen LogP contribution in [0, 0.1) is 24.1 Å². The minimum absolute atomic E-state index is 0.0939. The van der Waals surface area contributed by atoms with E-state index < -0.39 is 15.4 Å². The lowest BCUT2D eigenvalue weighted by Gasteiger charge is -2.26. The molecule has 1 saturated heterocycles. The molecule has 1 aromatic heterocycles. The van der Waals surface area contributed by atoms with E-state index in [0.29, 0.717) is 31.8 Å². The van der Waals surface area contributed by atoms with Gasteiger partial charge < -0.3 is 15.5 Å². The predicted octanol–water partition coefficient (Wildman–Crippen LogP) is 5.07. The normalized spacial score (nSPS) is 21.9. The predicted molar refractivity (Wildman–Crippen MR) is 156 cm³/mol. The zero-order valence-corrected chi connectivity index (χ0v) is 23.7. The van der Waals surface area contributed by atoms with Crippen LogP contribution in [0.2, 0.25) is 0 Å². The Balaban J connectivity index is 1.36. The number of hydrogen-bond acceptors (Lipinski definition) is 6. The molecule has 1 aliphatic carbocycles. The summed E-state index contributed by atoms with van der Waals surface area (Å²) in [5.41, 5.74) is 4.97. The van der Waals surface area contributed by atoms with Gasteiger partial charge in [0, 0.05) is 60.9 Å². The van der Waals surface area contributed by atoms with Crippen LogP contribution >= 0.6 is 0 Å². The van der Waals surface area contributed by atoms with E-state index in [1.807, 2.05) is 37.3 Å². The van der Waals surface area contributed by atoms with E-state index in [-0.39, 0.29) is 22.5 Å². The van der Waals surface area contributed by atoms with Gasteiger partial charge in [0.2, 0.25) is 10.0 Å². The third-order valence-electron chi connectivity index (χ3n) is 8.46. The maximum atomic E-state index is 13.8. The first-order chi connectivity index (χ1) is 19.8. The van der Waals surface area contributed by atoms with Crippen molar-refractivity contribution >= 4 is 27.6 Å². The number of hydrogen-bond donors (Lipinski definition) is 2. The van der Waals surface area contributed by atoms with Crippen LogP contribution < -0.4 is 5.32 Å². The summed E-state index contributed by atoms with van der Waals surface area (Å²) in [6.07, 6.45) is 4.27. The number of piperidine rings is 1. The molecule has 3 atom stereocenters. The van der Waals surface area contributed by atoms with Crippen molar-refractivity contribution in [3.63, 3.8) is 0 Å². The van der Waals surface area contributed by atoms with Crippen LogP contribution in [0.4, 0.5) is 15.8 Å². The van der Waals surface area contributed by atoms with Crippen LogP contribution in [0.15, 0.2) is 84.0 Å². The number of halogens is 1. The largest absolute Gasteiger partial charge is 0.383 e. The smallest absolute Gasteiger partial charge is 0.246 e. The van der Waals surface area contributed by atoms with E-state index in [4.69, 9.17) is 10.1 Å². The van der Waals surface area contributed by atoms with E-state index in [1.54, 1.807) is 34.4 Å². The van der Waals surface area contributed by atoms with Crippen LogP contribution in [0.5, 0.6) is 0 Å². The molecular formula is C31H32FN5O3S. The number of anilines is 2. The minimum atomic E-state index is -3.76. The second kappa shape index (κ2) is 10.5. The van der Waals surface area contributed by atoms with Crippen LogP contribution in [0.3, 0.4) is 0 Å². The highest BCUT2D eigenvalue weighted by Crippen LogP contribution is 2.70. The van der Waals surface area contributed by atoms with Gasteiger partial charge in [-0.25, -0.2) is 12.8 Å². The topological polar surface area (TPSA) is 100 Å². The van der Waals surface area contributed by atoms with Crippen LogP contribution in [0.1, 0.15) is 28.2 Å². The van der Waals surface area contributed by atoms with Gasteiger partial charge >= 0.3 is 0 Å². The third-order valence-corrected chi connectivity index (χ3v) is 10.2. The van der Waals surface area contributed by atoms with E-state index in [2.05, 4.69) is 22.5 Å². The third kappa shape index (κ3) is 4.75. The number of ether oxygens (including phenoxy) is 1. The fraction of sp³-hybridized carbons (Fsp3) is 0.290. The summed E-state index contributed by atoms with van der Waals surface area (Å²) in [5, 5.41) is 15.7. The number of fused-ring (bicyclic) bond motifs is 1. The molecule has 0 amide bonds. The van der Waals surface area contributed by atoms with Crippen LogP contribution in [-0.2, 0) is 26.7 Å². The molecule has 1 saturated carbocycles. The Morgan fingerprint density at radius 3 is 2.63 bits per heavy atom. The Morgan fingerprint density at radius 2 is 1.93 bits per heavy atom. The lowest BCUT2D eigenvalue weighted by molar-refractivity contribution is 0.183. The number of aromatic nitrogens is 2. The summed E-state index contributed by atoms with van der Waals surface area (Å²) >= 11 is 0. The fourth-order valence-electron chi connectivity index (χ4n) is 6.48. The maximum absolute atomic E-state index is 13.8. The summed E-state index contributed by atoms with van der Waals surface area (Å²) in [6.45, 7) is 3.68. The van der Waals surface area contributed by atoms with Crippen LogP contribution in [-0.4, -0.2) is 55.5 Å². The second-order valence-corrected chi connectivity index (χ2v) is 12.7. The minimum Gasteiger partial charge on any atom is -0.383 e. The average Bonchev–Trinajstić information content (AvgIpc) is 3.27. The molecule has 212 valence electrons. The van der Waals surface area contributed by atoms with Crippen molar-refractivity contribution in [1.29, 1.82) is 5.41 Å². The first-order valence-corrected chi connectivity index (χ1v) is 15.0. The maximum Gasteiger partial charge on any atom is 0.246 e. The highest BCUT2D eigenvalue weighted by Gasteiger charge is 2.71. The lowest BCUT2D eigenvalue weighted by Crippen LogP contribution is -2.34. The Bertz CT molecular complexity index is 1690. The summed E-state index contributed by atoms with van der Waals surface area (Å²) in [6, 6.07) is 20.4. The first kappa shape index (κ1) is 27.3. The van der Waals surface area contributed by atoms with Gasteiger partial charge in [0.25, 0.3) is 0 Å². The number of nitrogens with zero attached hydrogens (tertiary/aromatic N) is 3. The van der Waals surface area contributed by atoms with Gasteiger partial charge in [-0.15, -0.1) is 0 Å². The Labute approximate surface area is 239 Å². The molecule has 1 aliphatic heterocycles. The number of aryl methyl sites for hydroxylation is 1. The highest BCUT2D eigenvalue weighted by atomic mass is 32.2. The summed E-state index contributed by atoms with van der Waals surface area (Å²) in [5.74, 6) is -0.0626. The van der Waals surface area contributed by atoms with Gasteiger partial charge in [-0.2, -0.15) is 9.40 Å². The van der Waals surface area contributed by atoms with Crippen molar-refractivity contribution in [2.45, 2.75) is 29.7 Å². The molecule has 2 fully saturated rings. The molecule has 0 radical (unpaired) electrons. The van der Waals surface area contributed by atoms with Crippen molar-refractivity contribution in [3.05, 3.63) is 107 Å². The van der Waals surface area contributed by atoms with Gasteiger partial charge in [-0.1, -0.05) is 30.3 Å². The molecule has 41 heavy (non-hydrogen) atoms. The molecule has 0 bridgehead atoms. The van der Waals surface area contributed by atoms with Crippen molar-refractivity contribution in [3.8, 4) is 0 Å². The van der Waals surface area contributed by atoms with Crippen molar-refractivity contribution in [1.82, 2.24) is 14.1 Å². The molecule has 0 unspecified atom stereocenters. The highest BCUT2D eigenvalue weighted by molar-refractivity contribution is 7.89. The Hall–Kier alpha value is -3.86. The van der Waals surface area contributed by atoms with Gasteiger partial charge in [0.15, 0.2) is 0 Å². The molecule has 4 aromatic rings. The van der Waals surface area contributed by atoms with Gasteiger partial charge in [0.1, 0.15) is 10.7 Å². The quantitative estimate of drug-likeness (QED) is 0.258. The first-order valence-electron chi connectivity index (χ1n) is 13.5. The number of nitrogens with one attached hydrogen (secondary N) is 2. The van der Waals surface area contributed by atoms with Gasteiger partial charge in [-0.05, 0) is 65.9 Å².